The number of ether oxygens (including phenoxy) is 1. The van der Waals surface area contributed by atoms with Crippen molar-refractivity contribution in [2.75, 3.05) is 18.9 Å². The Hall–Kier alpha value is -1.63. The molecule has 0 aromatic carbocycles. The Morgan fingerprint density at radius 2 is 2.10 bits per heavy atom. The van der Waals surface area contributed by atoms with Gasteiger partial charge in [0.1, 0.15) is 5.84 Å². The molecule has 0 N–H and O–H groups in total. The van der Waals surface area contributed by atoms with Gasteiger partial charge in [0.15, 0.2) is 0 Å². The van der Waals surface area contributed by atoms with Gasteiger partial charge in [-0.1, -0.05) is 20.8 Å². The second kappa shape index (κ2) is 5.05. The Morgan fingerprint density at radius 1 is 1.40 bits per heavy atom. The average Bonchev–Trinajstić information content (AvgIpc) is 2.33. The number of carbonyl (C=O) groups is 1. The monoisotopic (exact) mass is 298 g/mol. The summed E-state index contributed by atoms with van der Waals surface area (Å²) in [5.74, 6) is -0.127. The summed E-state index contributed by atoms with van der Waals surface area (Å²) in [5.41, 5.74) is 0.299. The maximum absolute atomic E-state index is 11.9. The van der Waals surface area contributed by atoms with Crippen molar-refractivity contribution in [1.29, 1.82) is 0 Å². The van der Waals surface area contributed by atoms with Gasteiger partial charge in [-0.15, -0.1) is 4.40 Å². The summed E-state index contributed by atoms with van der Waals surface area (Å²) in [6.07, 6.45) is 4.63. The molecule has 0 saturated carbocycles. The molecule has 0 bridgehead atoms. The lowest BCUT2D eigenvalue weighted by atomic mass is 9.99. The molecule has 0 unspecified atom stereocenters. The molecule has 2 rings (SSSR count). The zero-order valence-electron chi connectivity index (χ0n) is 11.8. The van der Waals surface area contributed by atoms with Gasteiger partial charge in [0, 0.05) is 12.7 Å². The molecule has 2 heterocycles. The highest BCUT2D eigenvalue weighted by Crippen LogP contribution is 2.18. The molecular weight excluding hydrogens is 280 g/mol. The fourth-order valence-corrected chi connectivity index (χ4v) is 2.66. The van der Waals surface area contributed by atoms with Crippen molar-refractivity contribution in [2.45, 2.75) is 20.8 Å². The van der Waals surface area contributed by atoms with E-state index in [1.807, 2.05) is 20.8 Å². The molecule has 0 aromatic heterocycles. The second-order valence-corrected chi connectivity index (χ2v) is 7.74. The lowest BCUT2D eigenvalue weighted by Gasteiger charge is -2.27. The fraction of sp³-hybridized carbons (Fsp3) is 0.538. The molecule has 0 radical (unpaired) electrons. The van der Waals surface area contributed by atoms with E-state index in [1.165, 1.54) is 12.2 Å². The van der Waals surface area contributed by atoms with Gasteiger partial charge in [-0.2, -0.15) is 0 Å². The Bertz CT molecular complexity index is 609. The highest BCUT2D eigenvalue weighted by molar-refractivity contribution is 7.90. The topological polar surface area (TPSA) is 76.0 Å². The Morgan fingerprint density at radius 3 is 2.75 bits per heavy atom. The first-order chi connectivity index (χ1) is 9.16. The second-order valence-electron chi connectivity index (χ2n) is 5.98. The highest BCUT2D eigenvalue weighted by Gasteiger charge is 2.25. The molecule has 110 valence electrons. The van der Waals surface area contributed by atoms with Gasteiger partial charge < -0.3 is 9.64 Å². The van der Waals surface area contributed by atoms with Crippen LogP contribution in [0.25, 0.3) is 0 Å². The molecule has 2 aliphatic heterocycles. The van der Waals surface area contributed by atoms with Crippen molar-refractivity contribution in [3.8, 4) is 0 Å². The predicted octanol–water partition coefficient (Wildman–Crippen LogP) is 1.07. The molecule has 0 aromatic rings. The van der Waals surface area contributed by atoms with Crippen LogP contribution in [0.1, 0.15) is 20.8 Å². The molecule has 0 aliphatic carbocycles. The van der Waals surface area contributed by atoms with Crippen LogP contribution in [0.5, 0.6) is 0 Å². The number of sulfonamides is 1. The average molecular weight is 298 g/mol. The third kappa shape index (κ3) is 3.69. The van der Waals surface area contributed by atoms with Crippen LogP contribution in [0.4, 0.5) is 0 Å². The van der Waals surface area contributed by atoms with Crippen LogP contribution in [-0.2, 0) is 19.6 Å². The minimum absolute atomic E-state index is 0.0504. The van der Waals surface area contributed by atoms with Gasteiger partial charge in [-0.05, 0) is 17.6 Å². The molecule has 7 heteroatoms. The van der Waals surface area contributed by atoms with Crippen LogP contribution < -0.4 is 0 Å². The first-order valence-corrected chi connectivity index (χ1v) is 7.94. The number of hydrogen-bond acceptors (Lipinski definition) is 5. The highest BCUT2D eigenvalue weighted by atomic mass is 32.2. The van der Waals surface area contributed by atoms with E-state index in [2.05, 4.69) is 4.40 Å². The summed E-state index contributed by atoms with van der Waals surface area (Å²) in [6, 6.07) is 0. The molecule has 0 fully saturated rings. The van der Waals surface area contributed by atoms with Crippen molar-refractivity contribution < 1.29 is 17.9 Å². The van der Waals surface area contributed by atoms with Crippen molar-refractivity contribution >= 4 is 21.8 Å². The van der Waals surface area contributed by atoms with Crippen molar-refractivity contribution in [2.24, 2.45) is 9.81 Å². The number of carbonyl (C=O) groups excluding carboxylic acids is 1. The summed E-state index contributed by atoms with van der Waals surface area (Å²) < 4.78 is 31.6. The largest absolute Gasteiger partial charge is 0.461 e. The van der Waals surface area contributed by atoms with Crippen LogP contribution in [0, 0.1) is 5.41 Å². The zero-order chi connectivity index (χ0) is 15.0. The van der Waals surface area contributed by atoms with Gasteiger partial charge in [-0.25, -0.2) is 13.2 Å². The fourth-order valence-electron chi connectivity index (χ4n) is 1.69. The number of fused-ring (bicyclic) bond motifs is 1. The van der Waals surface area contributed by atoms with Crippen molar-refractivity contribution in [3.63, 3.8) is 0 Å². The molecule has 6 nitrogen and oxygen atoms in total. The van der Waals surface area contributed by atoms with E-state index in [0.29, 0.717) is 24.6 Å². The third-order valence-electron chi connectivity index (χ3n) is 2.70. The van der Waals surface area contributed by atoms with Crippen LogP contribution in [-0.4, -0.2) is 44.0 Å². The Labute approximate surface area is 118 Å². The standard InChI is InChI=1S/C13H18N2O4S/c1-13(2,3)9-19-12(16)10-4-5-11-14-20(17,18)7-6-15(11)8-10/h4-5,8H,6-7,9H2,1-3H3. The Kier molecular flexibility index (Phi) is 3.73. The summed E-state index contributed by atoms with van der Waals surface area (Å²) in [5, 5.41) is 0. The van der Waals surface area contributed by atoms with E-state index < -0.39 is 16.0 Å². The lowest BCUT2D eigenvalue weighted by Crippen LogP contribution is -2.37. The number of amidine groups is 1. The Balaban J connectivity index is 2.09. The smallest absolute Gasteiger partial charge is 0.339 e. The van der Waals surface area contributed by atoms with E-state index in [4.69, 9.17) is 4.74 Å². The maximum atomic E-state index is 11.9. The van der Waals surface area contributed by atoms with Crippen LogP contribution >= 0.6 is 0 Å². The molecule has 0 amide bonds. The normalized spacial score (nSPS) is 20.9. The van der Waals surface area contributed by atoms with Gasteiger partial charge in [0.2, 0.25) is 0 Å². The quantitative estimate of drug-likeness (QED) is 0.713. The van der Waals surface area contributed by atoms with Gasteiger partial charge in [0.25, 0.3) is 10.0 Å². The van der Waals surface area contributed by atoms with Crippen molar-refractivity contribution in [1.82, 2.24) is 4.90 Å². The minimum atomic E-state index is -3.37. The SMILES string of the molecule is CC(C)(C)COC(=O)C1=CN2CCS(=O)(=O)N=C2C=C1. The number of nitrogens with zero attached hydrogens (tertiary/aromatic N) is 2. The third-order valence-corrected chi connectivity index (χ3v) is 3.86. The first-order valence-electron chi connectivity index (χ1n) is 6.33. The van der Waals surface area contributed by atoms with Gasteiger partial charge in [-0.3, -0.25) is 0 Å². The minimum Gasteiger partial charge on any atom is -0.461 e. The van der Waals surface area contributed by atoms with E-state index >= 15 is 0 Å². The van der Waals surface area contributed by atoms with Gasteiger partial charge >= 0.3 is 5.97 Å². The number of rotatable bonds is 2. The summed E-state index contributed by atoms with van der Waals surface area (Å²) in [4.78, 5) is 13.6. The molecule has 0 atom stereocenters. The first kappa shape index (κ1) is 14.8. The molecule has 20 heavy (non-hydrogen) atoms. The van der Waals surface area contributed by atoms with E-state index in [1.54, 1.807) is 11.1 Å². The summed E-state index contributed by atoms with van der Waals surface area (Å²) >= 11 is 0. The summed E-state index contributed by atoms with van der Waals surface area (Å²) in [7, 11) is -3.37. The van der Waals surface area contributed by atoms with E-state index in [9.17, 15) is 13.2 Å². The predicted molar refractivity (Wildman–Crippen MR) is 75.6 cm³/mol. The van der Waals surface area contributed by atoms with Gasteiger partial charge in [0.05, 0.1) is 17.9 Å². The van der Waals surface area contributed by atoms with E-state index in [0.717, 1.165) is 0 Å². The van der Waals surface area contributed by atoms with E-state index in [-0.39, 0.29) is 11.2 Å². The van der Waals surface area contributed by atoms with Crippen LogP contribution in [0.15, 0.2) is 28.3 Å². The number of hydrogen-bond donors (Lipinski definition) is 0. The molecule has 2 aliphatic rings. The zero-order valence-corrected chi connectivity index (χ0v) is 12.6. The molecular formula is C13H18N2O4S. The maximum Gasteiger partial charge on any atom is 0.339 e. The molecule has 0 saturated heterocycles. The van der Waals surface area contributed by atoms with Crippen LogP contribution in [0.2, 0.25) is 0 Å². The van der Waals surface area contributed by atoms with Crippen molar-refractivity contribution in [3.05, 3.63) is 23.9 Å². The molecule has 0 spiro atoms. The summed E-state index contributed by atoms with van der Waals surface area (Å²) in [6.45, 7) is 6.55. The lowest BCUT2D eigenvalue weighted by molar-refractivity contribution is -0.141. The van der Waals surface area contributed by atoms with Crippen LogP contribution in [0.3, 0.4) is 0 Å². The number of esters is 1.